The molecule has 0 aliphatic rings. The van der Waals surface area contributed by atoms with E-state index in [0.717, 1.165) is 69.2 Å². The predicted octanol–water partition coefficient (Wildman–Crippen LogP) is 4.19. The molecule has 0 spiro atoms. The van der Waals surface area contributed by atoms with Crippen LogP contribution >= 0.6 is 0 Å². The molecule has 4 heteroatoms. The fourth-order valence-corrected chi connectivity index (χ4v) is 2.47. The number of hydrogen-bond donors (Lipinski definition) is 1. The van der Waals surface area contributed by atoms with E-state index in [2.05, 4.69) is 44.8 Å². The maximum atomic E-state index is 4.84. The van der Waals surface area contributed by atoms with Crippen molar-refractivity contribution in [3.63, 3.8) is 0 Å². The lowest BCUT2D eigenvalue weighted by molar-refractivity contribution is 0.720. The van der Waals surface area contributed by atoms with Crippen LogP contribution in [0.1, 0.15) is 64.8 Å². The highest BCUT2D eigenvalue weighted by molar-refractivity contribution is 5.58. The van der Waals surface area contributed by atoms with E-state index >= 15 is 0 Å². The topological polar surface area (TPSA) is 41.1 Å². The van der Waals surface area contributed by atoms with E-state index in [1.165, 1.54) is 5.56 Å². The van der Waals surface area contributed by atoms with E-state index < -0.39 is 0 Å². The number of hydrogen-bond acceptors (Lipinski definition) is 4. The molecule has 0 atom stereocenters. The SMILES string of the molecule is CCCNc1nc(CCC)nc(N(CCC)CCC)c1C. The number of anilines is 2. The first-order valence-corrected chi connectivity index (χ1v) is 8.54. The molecular formula is C17H32N4. The molecule has 0 aliphatic carbocycles. The predicted molar refractivity (Wildman–Crippen MR) is 92.3 cm³/mol. The zero-order chi connectivity index (χ0) is 15.7. The van der Waals surface area contributed by atoms with E-state index in [1.807, 2.05) is 0 Å². The summed E-state index contributed by atoms with van der Waals surface area (Å²) in [5.41, 5.74) is 1.19. The molecule has 1 aromatic heterocycles. The van der Waals surface area contributed by atoms with Gasteiger partial charge in [0.05, 0.1) is 0 Å². The minimum atomic E-state index is 0.945. The van der Waals surface area contributed by atoms with Crippen LogP contribution in [0.25, 0.3) is 0 Å². The van der Waals surface area contributed by atoms with Gasteiger partial charge >= 0.3 is 0 Å². The molecule has 0 aromatic carbocycles. The zero-order valence-electron chi connectivity index (χ0n) is 14.5. The Bertz CT molecular complexity index is 411. The fraction of sp³-hybridized carbons (Fsp3) is 0.765. The Balaban J connectivity index is 3.15. The molecule has 0 saturated heterocycles. The number of aromatic nitrogens is 2. The van der Waals surface area contributed by atoms with Crippen molar-refractivity contribution in [2.75, 3.05) is 29.9 Å². The van der Waals surface area contributed by atoms with Gasteiger partial charge in [-0.15, -0.1) is 0 Å². The summed E-state index contributed by atoms with van der Waals surface area (Å²) in [6, 6.07) is 0. The van der Waals surface area contributed by atoms with Crippen molar-refractivity contribution in [3.05, 3.63) is 11.4 Å². The molecule has 1 aromatic rings. The minimum absolute atomic E-state index is 0.945. The molecule has 0 aliphatic heterocycles. The molecule has 0 saturated carbocycles. The maximum absolute atomic E-state index is 4.84. The van der Waals surface area contributed by atoms with Crippen LogP contribution in [0.2, 0.25) is 0 Å². The number of rotatable bonds is 10. The molecule has 1 N–H and O–H groups in total. The molecule has 0 bridgehead atoms. The lowest BCUT2D eigenvalue weighted by atomic mass is 10.2. The van der Waals surface area contributed by atoms with Gasteiger partial charge in [0.2, 0.25) is 0 Å². The highest BCUT2D eigenvalue weighted by Gasteiger charge is 2.15. The zero-order valence-corrected chi connectivity index (χ0v) is 14.5. The highest BCUT2D eigenvalue weighted by Crippen LogP contribution is 2.24. The van der Waals surface area contributed by atoms with Crippen LogP contribution in [0.3, 0.4) is 0 Å². The second-order valence-corrected chi connectivity index (χ2v) is 5.60. The fourth-order valence-electron chi connectivity index (χ4n) is 2.47. The molecule has 1 rings (SSSR count). The molecular weight excluding hydrogens is 260 g/mol. The summed E-state index contributed by atoms with van der Waals surface area (Å²) < 4.78 is 0. The normalized spacial score (nSPS) is 10.7. The van der Waals surface area contributed by atoms with Gasteiger partial charge < -0.3 is 10.2 Å². The summed E-state index contributed by atoms with van der Waals surface area (Å²) in [7, 11) is 0. The number of nitrogens with one attached hydrogen (secondary N) is 1. The molecule has 0 fully saturated rings. The van der Waals surface area contributed by atoms with E-state index in [-0.39, 0.29) is 0 Å². The van der Waals surface area contributed by atoms with Crippen LogP contribution in [0.5, 0.6) is 0 Å². The molecule has 4 nitrogen and oxygen atoms in total. The van der Waals surface area contributed by atoms with Gasteiger partial charge in [0.15, 0.2) is 0 Å². The molecule has 120 valence electrons. The van der Waals surface area contributed by atoms with Crippen LogP contribution in [0.4, 0.5) is 11.6 Å². The first-order chi connectivity index (χ1) is 10.2. The summed E-state index contributed by atoms with van der Waals surface area (Å²) in [6.07, 6.45) is 5.42. The Hall–Kier alpha value is -1.32. The molecule has 0 amide bonds. The molecule has 0 unspecified atom stereocenters. The van der Waals surface area contributed by atoms with Crippen molar-refractivity contribution >= 4 is 11.6 Å². The van der Waals surface area contributed by atoms with Crippen molar-refractivity contribution in [2.45, 2.75) is 66.7 Å². The second-order valence-electron chi connectivity index (χ2n) is 5.60. The number of nitrogens with zero attached hydrogens (tertiary/aromatic N) is 3. The summed E-state index contributed by atoms with van der Waals surface area (Å²) in [4.78, 5) is 12.0. The minimum Gasteiger partial charge on any atom is -0.370 e. The Morgan fingerprint density at radius 1 is 0.905 bits per heavy atom. The Morgan fingerprint density at radius 3 is 2.10 bits per heavy atom. The van der Waals surface area contributed by atoms with Gasteiger partial charge in [-0.25, -0.2) is 9.97 Å². The third-order valence-electron chi connectivity index (χ3n) is 3.47. The molecule has 1 heterocycles. The molecule has 21 heavy (non-hydrogen) atoms. The summed E-state index contributed by atoms with van der Waals surface area (Å²) in [5, 5.41) is 3.46. The van der Waals surface area contributed by atoms with Gasteiger partial charge in [0.1, 0.15) is 17.5 Å². The average Bonchev–Trinajstić information content (AvgIpc) is 2.47. The van der Waals surface area contributed by atoms with Crippen molar-refractivity contribution in [1.82, 2.24) is 9.97 Å². The lowest BCUT2D eigenvalue weighted by Gasteiger charge is -2.26. The second kappa shape index (κ2) is 9.59. The van der Waals surface area contributed by atoms with Crippen LogP contribution in [0.15, 0.2) is 0 Å². The summed E-state index contributed by atoms with van der Waals surface area (Å²) >= 11 is 0. The smallest absolute Gasteiger partial charge is 0.137 e. The largest absolute Gasteiger partial charge is 0.370 e. The Kier molecular flexibility index (Phi) is 8.09. The summed E-state index contributed by atoms with van der Waals surface area (Å²) in [6.45, 7) is 14.0. The van der Waals surface area contributed by atoms with Gasteiger partial charge in [-0.05, 0) is 32.6 Å². The van der Waals surface area contributed by atoms with Crippen LogP contribution < -0.4 is 10.2 Å². The van der Waals surface area contributed by atoms with Crippen molar-refractivity contribution in [3.8, 4) is 0 Å². The average molecular weight is 292 g/mol. The van der Waals surface area contributed by atoms with E-state index in [4.69, 9.17) is 9.97 Å². The van der Waals surface area contributed by atoms with Crippen molar-refractivity contribution in [1.29, 1.82) is 0 Å². The standard InChI is InChI=1S/C17H32N4/c1-6-10-15-19-16(18-11-7-2)14(5)17(20-15)21(12-8-3)13-9-4/h6-13H2,1-5H3,(H,18,19,20). The highest BCUT2D eigenvalue weighted by atomic mass is 15.2. The Morgan fingerprint density at radius 2 is 1.57 bits per heavy atom. The van der Waals surface area contributed by atoms with Gasteiger partial charge in [0, 0.05) is 31.6 Å². The number of aryl methyl sites for hydroxylation is 1. The monoisotopic (exact) mass is 292 g/mol. The van der Waals surface area contributed by atoms with Gasteiger partial charge in [0.25, 0.3) is 0 Å². The van der Waals surface area contributed by atoms with Gasteiger partial charge in [-0.1, -0.05) is 27.7 Å². The van der Waals surface area contributed by atoms with Crippen molar-refractivity contribution < 1.29 is 0 Å². The van der Waals surface area contributed by atoms with Crippen LogP contribution in [0, 0.1) is 6.92 Å². The third kappa shape index (κ3) is 5.18. The van der Waals surface area contributed by atoms with Crippen molar-refractivity contribution in [2.24, 2.45) is 0 Å². The maximum Gasteiger partial charge on any atom is 0.137 e. The molecule has 0 radical (unpaired) electrons. The first kappa shape index (κ1) is 17.7. The van der Waals surface area contributed by atoms with Crippen LogP contribution in [-0.2, 0) is 6.42 Å². The van der Waals surface area contributed by atoms with Gasteiger partial charge in [-0.2, -0.15) is 0 Å². The lowest BCUT2D eigenvalue weighted by Crippen LogP contribution is -2.28. The quantitative estimate of drug-likeness (QED) is 0.702. The van der Waals surface area contributed by atoms with Crippen LogP contribution in [-0.4, -0.2) is 29.6 Å². The van der Waals surface area contributed by atoms with E-state index in [9.17, 15) is 0 Å². The van der Waals surface area contributed by atoms with E-state index in [1.54, 1.807) is 0 Å². The third-order valence-corrected chi connectivity index (χ3v) is 3.47. The summed E-state index contributed by atoms with van der Waals surface area (Å²) in [5.74, 6) is 3.10. The van der Waals surface area contributed by atoms with Gasteiger partial charge in [-0.3, -0.25) is 0 Å². The van der Waals surface area contributed by atoms with E-state index in [0.29, 0.717) is 0 Å². The Labute approximate surface area is 130 Å². The first-order valence-electron chi connectivity index (χ1n) is 8.54.